The van der Waals surface area contributed by atoms with Crippen LogP contribution in [0.25, 0.3) is 0 Å². The summed E-state index contributed by atoms with van der Waals surface area (Å²) >= 11 is 0. The molecule has 4 nitrogen and oxygen atoms in total. The molecule has 0 aliphatic carbocycles. The van der Waals surface area contributed by atoms with Crippen LogP contribution in [0.3, 0.4) is 0 Å². The van der Waals surface area contributed by atoms with Crippen LogP contribution in [0.4, 0.5) is 0 Å². The minimum Gasteiger partial charge on any atom is -0.495 e. The summed E-state index contributed by atoms with van der Waals surface area (Å²) in [5.74, 6) is 0.588. The van der Waals surface area contributed by atoms with Gasteiger partial charge in [0.1, 0.15) is 11.8 Å². The molecule has 0 spiro atoms. The third-order valence-electron chi connectivity index (χ3n) is 3.23. The molecule has 0 radical (unpaired) electrons. The number of ether oxygens (including phenoxy) is 1. The number of nitriles is 1. The molecule has 0 aromatic heterocycles. The molecule has 0 saturated carbocycles. The van der Waals surface area contributed by atoms with Crippen molar-refractivity contribution in [2.45, 2.75) is 25.9 Å². The minimum atomic E-state index is -0.277. The molecule has 1 rings (SSSR count). The van der Waals surface area contributed by atoms with Crippen LogP contribution < -0.4 is 4.74 Å². The van der Waals surface area contributed by atoms with Crippen molar-refractivity contribution in [2.75, 3.05) is 20.8 Å². The highest BCUT2D eigenvalue weighted by Gasteiger charge is 2.22. The van der Waals surface area contributed by atoms with E-state index in [4.69, 9.17) is 10.00 Å². The maximum absolute atomic E-state index is 9.32. The molecule has 0 aliphatic heterocycles. The lowest BCUT2D eigenvalue weighted by atomic mass is 10.0. The first-order valence-corrected chi connectivity index (χ1v) is 5.83. The summed E-state index contributed by atoms with van der Waals surface area (Å²) in [6, 6.07) is 7.62. The minimum absolute atomic E-state index is 0.0942. The number of aliphatic hydroxyl groups is 1. The topological polar surface area (TPSA) is 56.5 Å². The van der Waals surface area contributed by atoms with Gasteiger partial charge in [0.05, 0.1) is 19.3 Å². The van der Waals surface area contributed by atoms with E-state index in [-0.39, 0.29) is 12.1 Å². The predicted molar refractivity (Wildman–Crippen MR) is 70.3 cm³/mol. The van der Waals surface area contributed by atoms with Crippen molar-refractivity contribution in [3.8, 4) is 11.8 Å². The van der Waals surface area contributed by atoms with E-state index in [1.807, 2.05) is 33.0 Å². The van der Waals surface area contributed by atoms with E-state index in [0.29, 0.717) is 17.9 Å². The first-order valence-electron chi connectivity index (χ1n) is 5.83. The Morgan fingerprint density at radius 2 is 2.11 bits per heavy atom. The molecule has 0 aliphatic rings. The normalized spacial score (nSPS) is 11.4. The molecule has 0 amide bonds. The Bertz CT molecular complexity index is 450. The molecule has 0 atom stereocenters. The van der Waals surface area contributed by atoms with E-state index in [9.17, 15) is 5.11 Å². The molecular formula is C14H20N2O2. The van der Waals surface area contributed by atoms with Gasteiger partial charge in [-0.3, -0.25) is 4.90 Å². The van der Waals surface area contributed by atoms with E-state index in [1.54, 1.807) is 13.2 Å². The average molecular weight is 248 g/mol. The predicted octanol–water partition coefficient (Wildman–Crippen LogP) is 1.77. The molecular weight excluding hydrogens is 228 g/mol. The SMILES string of the molecule is COc1cc(CN(C)C(C)(C)CO)ccc1C#N. The van der Waals surface area contributed by atoms with Crippen LogP contribution in [0.1, 0.15) is 25.0 Å². The fourth-order valence-electron chi connectivity index (χ4n) is 1.53. The molecule has 18 heavy (non-hydrogen) atoms. The second-order valence-corrected chi connectivity index (χ2v) is 4.97. The van der Waals surface area contributed by atoms with Gasteiger partial charge in [0.15, 0.2) is 0 Å². The van der Waals surface area contributed by atoms with E-state index in [1.165, 1.54) is 0 Å². The lowest BCUT2D eigenvalue weighted by molar-refractivity contribution is 0.0733. The van der Waals surface area contributed by atoms with Crippen LogP contribution in [-0.4, -0.2) is 36.3 Å². The summed E-state index contributed by atoms with van der Waals surface area (Å²) in [6.07, 6.45) is 0. The van der Waals surface area contributed by atoms with E-state index < -0.39 is 0 Å². The highest BCUT2D eigenvalue weighted by atomic mass is 16.5. The monoisotopic (exact) mass is 248 g/mol. The van der Waals surface area contributed by atoms with Crippen LogP contribution in [0.15, 0.2) is 18.2 Å². The summed E-state index contributed by atoms with van der Waals surface area (Å²) < 4.78 is 5.18. The summed E-state index contributed by atoms with van der Waals surface area (Å²) in [5.41, 5.74) is 1.31. The van der Waals surface area contributed by atoms with Gasteiger partial charge in [0.2, 0.25) is 0 Å². The van der Waals surface area contributed by atoms with E-state index in [2.05, 4.69) is 11.0 Å². The van der Waals surface area contributed by atoms with Crippen molar-refractivity contribution in [3.05, 3.63) is 29.3 Å². The van der Waals surface area contributed by atoms with Gasteiger partial charge in [0.25, 0.3) is 0 Å². The number of hydrogen-bond acceptors (Lipinski definition) is 4. The van der Waals surface area contributed by atoms with Crippen molar-refractivity contribution in [1.82, 2.24) is 4.90 Å². The molecule has 0 heterocycles. The average Bonchev–Trinajstić information content (AvgIpc) is 2.38. The van der Waals surface area contributed by atoms with E-state index >= 15 is 0 Å². The van der Waals surface area contributed by atoms with Crippen molar-refractivity contribution in [2.24, 2.45) is 0 Å². The van der Waals surface area contributed by atoms with Gasteiger partial charge >= 0.3 is 0 Å². The van der Waals surface area contributed by atoms with Crippen molar-refractivity contribution in [3.63, 3.8) is 0 Å². The highest BCUT2D eigenvalue weighted by Crippen LogP contribution is 2.22. The zero-order valence-corrected chi connectivity index (χ0v) is 11.4. The van der Waals surface area contributed by atoms with Crippen LogP contribution in [0.2, 0.25) is 0 Å². The summed E-state index contributed by atoms with van der Waals surface area (Å²) in [6.45, 7) is 4.74. The number of hydrogen-bond donors (Lipinski definition) is 1. The number of likely N-dealkylation sites (N-methyl/N-ethyl adjacent to an activating group) is 1. The quantitative estimate of drug-likeness (QED) is 0.862. The Kier molecular flexibility index (Phi) is 4.71. The molecule has 0 saturated heterocycles. The lowest BCUT2D eigenvalue weighted by Crippen LogP contribution is -2.43. The van der Waals surface area contributed by atoms with Gasteiger partial charge in [-0.05, 0) is 38.6 Å². The first-order chi connectivity index (χ1) is 8.44. The maximum atomic E-state index is 9.32. The van der Waals surface area contributed by atoms with Gasteiger partial charge in [-0.25, -0.2) is 0 Å². The van der Waals surface area contributed by atoms with Crippen LogP contribution in [-0.2, 0) is 6.54 Å². The van der Waals surface area contributed by atoms with E-state index in [0.717, 1.165) is 5.56 Å². The third kappa shape index (κ3) is 3.22. The fraction of sp³-hybridized carbons (Fsp3) is 0.500. The Morgan fingerprint density at radius 3 is 2.61 bits per heavy atom. The maximum Gasteiger partial charge on any atom is 0.136 e. The Morgan fingerprint density at radius 1 is 1.44 bits per heavy atom. The largest absolute Gasteiger partial charge is 0.495 e. The molecule has 98 valence electrons. The number of methoxy groups -OCH3 is 1. The molecule has 1 aromatic rings. The molecule has 0 bridgehead atoms. The Labute approximate surface area is 108 Å². The Hall–Kier alpha value is -1.57. The summed E-state index contributed by atoms with van der Waals surface area (Å²) in [7, 11) is 3.52. The fourth-order valence-corrected chi connectivity index (χ4v) is 1.53. The van der Waals surface area contributed by atoms with Gasteiger partial charge in [-0.2, -0.15) is 5.26 Å². The van der Waals surface area contributed by atoms with Crippen molar-refractivity contribution >= 4 is 0 Å². The molecule has 0 unspecified atom stereocenters. The number of nitrogens with zero attached hydrogens (tertiary/aromatic N) is 2. The van der Waals surface area contributed by atoms with Gasteiger partial charge in [-0.1, -0.05) is 6.07 Å². The second kappa shape index (κ2) is 5.85. The number of benzene rings is 1. The zero-order chi connectivity index (χ0) is 13.8. The molecule has 0 fully saturated rings. The summed E-state index contributed by atoms with van der Waals surface area (Å²) in [4.78, 5) is 2.06. The second-order valence-electron chi connectivity index (χ2n) is 4.97. The lowest BCUT2D eigenvalue weighted by Gasteiger charge is -2.33. The summed E-state index contributed by atoms with van der Waals surface area (Å²) in [5, 5.41) is 18.2. The number of aliphatic hydroxyl groups excluding tert-OH is 1. The van der Waals surface area contributed by atoms with Crippen molar-refractivity contribution in [1.29, 1.82) is 5.26 Å². The molecule has 1 aromatic carbocycles. The smallest absolute Gasteiger partial charge is 0.136 e. The molecule has 1 N–H and O–H groups in total. The van der Waals surface area contributed by atoms with Crippen LogP contribution >= 0.6 is 0 Å². The zero-order valence-electron chi connectivity index (χ0n) is 11.4. The van der Waals surface area contributed by atoms with Gasteiger partial charge in [-0.15, -0.1) is 0 Å². The highest BCUT2D eigenvalue weighted by molar-refractivity contribution is 5.45. The first kappa shape index (κ1) is 14.5. The van der Waals surface area contributed by atoms with Crippen LogP contribution in [0.5, 0.6) is 5.75 Å². The Balaban J connectivity index is 2.90. The van der Waals surface area contributed by atoms with Crippen LogP contribution in [0, 0.1) is 11.3 Å². The number of rotatable bonds is 5. The third-order valence-corrected chi connectivity index (χ3v) is 3.23. The van der Waals surface area contributed by atoms with Gasteiger partial charge < -0.3 is 9.84 Å². The molecule has 4 heteroatoms. The van der Waals surface area contributed by atoms with Crippen molar-refractivity contribution < 1.29 is 9.84 Å². The standard InChI is InChI=1S/C14H20N2O2/c1-14(2,10-17)16(3)9-11-5-6-12(8-15)13(7-11)18-4/h5-7,17H,9-10H2,1-4H3. The van der Waals surface area contributed by atoms with Gasteiger partial charge in [0, 0.05) is 12.1 Å².